The van der Waals surface area contributed by atoms with Crippen molar-refractivity contribution < 1.29 is 4.74 Å². The summed E-state index contributed by atoms with van der Waals surface area (Å²) < 4.78 is 5.48. The molecule has 0 aliphatic heterocycles. The highest BCUT2D eigenvalue weighted by atomic mass is 16.5. The fourth-order valence-corrected chi connectivity index (χ4v) is 1.31. The van der Waals surface area contributed by atoms with Crippen molar-refractivity contribution in [2.75, 3.05) is 6.61 Å². The highest BCUT2D eigenvalue weighted by Crippen LogP contribution is 2.27. The van der Waals surface area contributed by atoms with Crippen LogP contribution in [-0.2, 0) is 0 Å². The molecule has 71 valence electrons. The highest BCUT2D eigenvalue weighted by Gasteiger charge is 2.06. The molecule has 0 atom stereocenters. The molecule has 0 amide bonds. The second-order valence-corrected chi connectivity index (χ2v) is 2.81. The predicted octanol–water partition coefficient (Wildman–Crippen LogP) is 2.28. The number of hydrogen-bond acceptors (Lipinski definition) is 2. The van der Waals surface area contributed by atoms with E-state index in [-0.39, 0.29) is 0 Å². The van der Waals surface area contributed by atoms with Gasteiger partial charge in [-0.05, 0) is 31.2 Å². The number of nitrogens with one attached hydrogen (secondary N) is 1. The standard InChI is InChI=1S/C11H11N2O/c1-2-14-11-6-4-3-5-9(11)10-7-8-12-13-10/h3,5-8H,2H2,1H3,(H,12,13). The summed E-state index contributed by atoms with van der Waals surface area (Å²) in [7, 11) is 0. The molecule has 1 heterocycles. The van der Waals surface area contributed by atoms with Crippen LogP contribution < -0.4 is 4.74 Å². The third kappa shape index (κ3) is 1.62. The fraction of sp³-hybridized carbons (Fsp3) is 0.182. The van der Waals surface area contributed by atoms with E-state index in [4.69, 9.17) is 4.74 Å². The molecule has 1 aromatic carbocycles. The van der Waals surface area contributed by atoms with Crippen LogP contribution in [0, 0.1) is 6.07 Å². The predicted molar refractivity (Wildman–Crippen MR) is 54.0 cm³/mol. The molecule has 0 saturated carbocycles. The minimum absolute atomic E-state index is 0.648. The molecular weight excluding hydrogens is 176 g/mol. The van der Waals surface area contributed by atoms with Crippen LogP contribution in [0.4, 0.5) is 0 Å². The van der Waals surface area contributed by atoms with Gasteiger partial charge in [-0.1, -0.05) is 6.07 Å². The van der Waals surface area contributed by atoms with Gasteiger partial charge in [0.05, 0.1) is 12.3 Å². The van der Waals surface area contributed by atoms with Crippen molar-refractivity contribution in [1.29, 1.82) is 0 Å². The number of aromatic amines is 1. The average Bonchev–Trinajstić information content (AvgIpc) is 2.72. The Bertz CT molecular complexity index is 395. The molecule has 1 N–H and O–H groups in total. The van der Waals surface area contributed by atoms with Gasteiger partial charge in [-0.15, -0.1) is 0 Å². The molecule has 3 heteroatoms. The van der Waals surface area contributed by atoms with E-state index in [2.05, 4.69) is 16.3 Å². The normalized spacial score (nSPS) is 10.1. The Hall–Kier alpha value is -1.77. The first-order valence-electron chi connectivity index (χ1n) is 4.55. The van der Waals surface area contributed by atoms with Crippen LogP contribution in [0.3, 0.4) is 0 Å². The van der Waals surface area contributed by atoms with Crippen LogP contribution in [-0.4, -0.2) is 16.8 Å². The van der Waals surface area contributed by atoms with Crippen LogP contribution in [0.15, 0.2) is 30.5 Å². The Balaban J connectivity index is 2.42. The van der Waals surface area contributed by atoms with E-state index in [9.17, 15) is 0 Å². The van der Waals surface area contributed by atoms with Gasteiger partial charge >= 0.3 is 0 Å². The molecule has 0 aliphatic carbocycles. The van der Waals surface area contributed by atoms with Gasteiger partial charge in [-0.25, -0.2) is 0 Å². The zero-order valence-electron chi connectivity index (χ0n) is 7.95. The van der Waals surface area contributed by atoms with Gasteiger partial charge < -0.3 is 4.74 Å². The highest BCUT2D eigenvalue weighted by molar-refractivity contribution is 5.66. The number of benzene rings is 1. The maximum atomic E-state index is 5.48. The third-order valence-corrected chi connectivity index (χ3v) is 1.90. The Morgan fingerprint density at radius 1 is 1.50 bits per heavy atom. The first-order valence-corrected chi connectivity index (χ1v) is 4.55. The van der Waals surface area contributed by atoms with Gasteiger partial charge in [0.25, 0.3) is 0 Å². The molecule has 0 unspecified atom stereocenters. The second-order valence-electron chi connectivity index (χ2n) is 2.81. The number of hydrogen-bond donors (Lipinski definition) is 1. The minimum atomic E-state index is 0.648. The summed E-state index contributed by atoms with van der Waals surface area (Å²) in [5.41, 5.74) is 1.88. The van der Waals surface area contributed by atoms with Crippen LogP contribution in [0.2, 0.25) is 0 Å². The van der Waals surface area contributed by atoms with Crippen LogP contribution in [0.5, 0.6) is 5.75 Å². The number of H-pyrrole nitrogens is 1. The van der Waals surface area contributed by atoms with E-state index in [0.29, 0.717) is 6.61 Å². The lowest BCUT2D eigenvalue weighted by molar-refractivity contribution is 0.341. The monoisotopic (exact) mass is 187 g/mol. The van der Waals surface area contributed by atoms with E-state index in [0.717, 1.165) is 17.0 Å². The molecular formula is C11H11N2O. The number of aromatic nitrogens is 2. The molecule has 0 bridgehead atoms. The van der Waals surface area contributed by atoms with Gasteiger partial charge in [-0.2, -0.15) is 5.10 Å². The van der Waals surface area contributed by atoms with E-state index in [1.54, 1.807) is 6.20 Å². The zero-order chi connectivity index (χ0) is 9.80. The van der Waals surface area contributed by atoms with E-state index < -0.39 is 0 Å². The van der Waals surface area contributed by atoms with Crippen LogP contribution in [0.1, 0.15) is 6.92 Å². The minimum Gasteiger partial charge on any atom is -0.493 e. The summed E-state index contributed by atoms with van der Waals surface area (Å²) in [6.07, 6.45) is 1.79. The number of ether oxygens (including phenoxy) is 1. The summed E-state index contributed by atoms with van der Waals surface area (Å²) in [6.45, 7) is 2.61. The van der Waals surface area contributed by atoms with Crippen molar-refractivity contribution in [3.05, 3.63) is 36.5 Å². The quantitative estimate of drug-likeness (QED) is 0.800. The van der Waals surface area contributed by atoms with Gasteiger partial charge in [0, 0.05) is 11.8 Å². The Morgan fingerprint density at radius 2 is 2.43 bits per heavy atom. The van der Waals surface area contributed by atoms with Crippen LogP contribution in [0.25, 0.3) is 11.3 Å². The molecule has 0 saturated heterocycles. The number of rotatable bonds is 3. The molecule has 1 radical (unpaired) electrons. The molecule has 0 spiro atoms. The van der Waals surface area contributed by atoms with Crippen molar-refractivity contribution >= 4 is 0 Å². The Kier molecular flexibility index (Phi) is 2.49. The lowest BCUT2D eigenvalue weighted by Crippen LogP contribution is -1.93. The Labute approximate surface area is 82.7 Å². The summed E-state index contributed by atoms with van der Waals surface area (Å²) >= 11 is 0. The van der Waals surface area contributed by atoms with E-state index in [1.165, 1.54) is 0 Å². The summed E-state index contributed by atoms with van der Waals surface area (Å²) in [5, 5.41) is 6.89. The zero-order valence-corrected chi connectivity index (χ0v) is 7.95. The second kappa shape index (κ2) is 3.96. The van der Waals surface area contributed by atoms with Gasteiger partial charge in [0.15, 0.2) is 0 Å². The van der Waals surface area contributed by atoms with Gasteiger partial charge in [0.1, 0.15) is 5.75 Å². The van der Waals surface area contributed by atoms with E-state index in [1.807, 2.05) is 31.2 Å². The third-order valence-electron chi connectivity index (χ3n) is 1.90. The number of nitrogens with zero attached hydrogens (tertiary/aromatic N) is 1. The van der Waals surface area contributed by atoms with Gasteiger partial charge in [0.2, 0.25) is 0 Å². The molecule has 2 rings (SSSR count). The topological polar surface area (TPSA) is 37.9 Å². The first kappa shape index (κ1) is 8.81. The van der Waals surface area contributed by atoms with Crippen molar-refractivity contribution in [3.63, 3.8) is 0 Å². The largest absolute Gasteiger partial charge is 0.493 e. The fourth-order valence-electron chi connectivity index (χ4n) is 1.31. The van der Waals surface area contributed by atoms with Crippen LogP contribution >= 0.6 is 0 Å². The SMILES string of the molecule is CCOc1c[c]ccc1-c1cc[nH]n1. The maximum Gasteiger partial charge on any atom is 0.129 e. The molecule has 14 heavy (non-hydrogen) atoms. The molecule has 0 aliphatic rings. The van der Waals surface area contributed by atoms with Crippen molar-refractivity contribution in [2.24, 2.45) is 0 Å². The molecule has 1 aromatic heterocycles. The maximum absolute atomic E-state index is 5.48. The Morgan fingerprint density at radius 3 is 3.14 bits per heavy atom. The summed E-state index contributed by atoms with van der Waals surface area (Å²) in [6, 6.07) is 10.5. The first-order chi connectivity index (χ1) is 6.92. The van der Waals surface area contributed by atoms with Gasteiger partial charge in [-0.3, -0.25) is 5.10 Å². The van der Waals surface area contributed by atoms with Crippen molar-refractivity contribution in [2.45, 2.75) is 6.92 Å². The lowest BCUT2D eigenvalue weighted by atomic mass is 10.1. The molecule has 0 fully saturated rings. The lowest BCUT2D eigenvalue weighted by Gasteiger charge is -2.06. The van der Waals surface area contributed by atoms with Crippen molar-refractivity contribution in [1.82, 2.24) is 10.2 Å². The van der Waals surface area contributed by atoms with E-state index >= 15 is 0 Å². The smallest absolute Gasteiger partial charge is 0.129 e. The summed E-state index contributed by atoms with van der Waals surface area (Å²) in [5.74, 6) is 0.821. The molecule has 3 nitrogen and oxygen atoms in total. The summed E-state index contributed by atoms with van der Waals surface area (Å²) in [4.78, 5) is 0. The molecule has 2 aromatic rings. The average molecular weight is 187 g/mol. The van der Waals surface area contributed by atoms with Crippen molar-refractivity contribution in [3.8, 4) is 17.0 Å².